The summed E-state index contributed by atoms with van der Waals surface area (Å²) in [5.41, 5.74) is 11.1. The van der Waals surface area contributed by atoms with Crippen molar-refractivity contribution in [2.24, 2.45) is 17.8 Å². The molecule has 3 atom stereocenters. The van der Waals surface area contributed by atoms with Crippen molar-refractivity contribution in [1.82, 2.24) is 21.3 Å². The van der Waals surface area contributed by atoms with Crippen LogP contribution in [0.2, 0.25) is 0 Å². The average molecular weight is 1080 g/mol. The molecule has 0 bridgehead atoms. The molecule has 4 amide bonds. The van der Waals surface area contributed by atoms with Crippen molar-refractivity contribution in [2.75, 3.05) is 24.5 Å². The van der Waals surface area contributed by atoms with Crippen LogP contribution in [0.5, 0.6) is 0 Å². The molecule has 384 valence electrons. The molecule has 13 heteroatoms. The van der Waals surface area contributed by atoms with Crippen LogP contribution in [-0.4, -0.2) is 55.3 Å². The third kappa shape index (κ3) is 14.7. The fraction of sp³-hybridized carbons (Fsp3) is 0.383. The molecule has 4 aromatic carbocycles. The Kier molecular flexibility index (Phi) is 19.5. The van der Waals surface area contributed by atoms with Crippen molar-refractivity contribution < 1.29 is 40.7 Å². The molecule has 0 saturated heterocycles. The van der Waals surface area contributed by atoms with Crippen LogP contribution in [0, 0.1) is 17.8 Å². The van der Waals surface area contributed by atoms with E-state index in [1.165, 1.54) is 83.7 Å². The second kappa shape index (κ2) is 25.9. The van der Waals surface area contributed by atoms with Crippen molar-refractivity contribution in [3.63, 3.8) is 0 Å². The Balaban J connectivity index is 0.00000780. The normalized spacial score (nSPS) is 17.1. The van der Waals surface area contributed by atoms with Crippen LogP contribution in [0.1, 0.15) is 97.9 Å². The predicted molar refractivity (Wildman–Crippen MR) is 296 cm³/mol. The van der Waals surface area contributed by atoms with E-state index in [0.717, 1.165) is 51.6 Å². The van der Waals surface area contributed by atoms with Gasteiger partial charge in [-0.1, -0.05) is 130 Å². The molecule has 2 aliphatic carbocycles. The first-order chi connectivity index (χ1) is 34.8. The maximum Gasteiger partial charge on any atom is 0.263 e. The van der Waals surface area contributed by atoms with Gasteiger partial charge >= 0.3 is 0 Å². The molecular formula is C60H71BrN6O4S2. The second-order valence-corrected chi connectivity index (χ2v) is 22.5. The lowest BCUT2D eigenvalue weighted by atomic mass is 9.77. The second-order valence-electron chi connectivity index (χ2n) is 20.3. The Morgan fingerprint density at radius 1 is 0.699 bits per heavy atom. The molecule has 10 nitrogen and oxygen atoms in total. The molecule has 3 aliphatic rings. The number of thioether (sulfide) groups is 1. The monoisotopic (exact) mass is 1080 g/mol. The number of benzene rings is 4. The third-order valence-electron chi connectivity index (χ3n) is 13.6. The van der Waals surface area contributed by atoms with Crippen LogP contribution in [0.3, 0.4) is 0 Å². The molecule has 4 N–H and O–H groups in total. The Bertz CT molecular complexity index is 2890. The van der Waals surface area contributed by atoms with E-state index in [9.17, 15) is 19.2 Å². The lowest BCUT2D eigenvalue weighted by Gasteiger charge is -2.29. The number of nitrogens with one attached hydrogen (secondary N) is 4. The number of allylic oxidation sites excluding steroid dienone is 6. The summed E-state index contributed by atoms with van der Waals surface area (Å²) in [5.74, 6) is 0.401. The standard InChI is InChI=1S/C60H70N6O4S2.BrH/c1-39(2)31-51(63-41(5)67)59(69)61-27-13-29-65-53-25-23-48(45-15-9-7-10-16-45)37-55(53)71-57(65)35-43-19-21-47-22-20-44(34-50(47)33-43)36-58-66(30-14-28-62-60(70)52(32-40(3)4)64-42(6)68)54-26-24-49(38-56(54)72-58)46-17-11-8-12-18-46;/h7-12,15-18,23-26,33-40,47,51-52H,13-14,19-22,27-32H2,1-6H3,(H3-,61,62,63,64,67,68,69,70);1H. The van der Waals surface area contributed by atoms with E-state index in [4.69, 9.17) is 0 Å². The summed E-state index contributed by atoms with van der Waals surface area (Å²) in [6.07, 6.45) is 16.6. The predicted octanol–water partition coefficient (Wildman–Crippen LogP) is 8.53. The zero-order chi connectivity index (χ0) is 50.7. The van der Waals surface area contributed by atoms with Crippen molar-refractivity contribution in [3.05, 3.63) is 142 Å². The van der Waals surface area contributed by atoms with Gasteiger partial charge in [-0.2, -0.15) is 4.57 Å². The third-order valence-corrected chi connectivity index (χ3v) is 15.7. The van der Waals surface area contributed by atoms with Gasteiger partial charge in [0, 0.05) is 56.9 Å². The molecule has 8 rings (SSSR count). The number of nitrogens with zero attached hydrogens (tertiary/aromatic N) is 2. The number of hydrogen-bond donors (Lipinski definition) is 4. The Morgan fingerprint density at radius 2 is 1.29 bits per heavy atom. The van der Waals surface area contributed by atoms with Gasteiger partial charge in [-0.15, -0.1) is 0 Å². The summed E-state index contributed by atoms with van der Waals surface area (Å²) in [6, 6.07) is 33.5. The molecule has 0 saturated carbocycles. The number of thiazole rings is 1. The average Bonchev–Trinajstić information content (AvgIpc) is 3.88. The van der Waals surface area contributed by atoms with Crippen LogP contribution in [0.15, 0.2) is 142 Å². The first kappa shape index (κ1) is 55.0. The van der Waals surface area contributed by atoms with E-state index in [1.807, 2.05) is 35.2 Å². The van der Waals surface area contributed by atoms with Gasteiger partial charge in [0.25, 0.3) is 5.01 Å². The van der Waals surface area contributed by atoms with Gasteiger partial charge in [0.1, 0.15) is 16.8 Å². The number of aryl methyl sites for hydroxylation is 1. The van der Waals surface area contributed by atoms with Crippen LogP contribution in [0.25, 0.3) is 38.5 Å². The van der Waals surface area contributed by atoms with Crippen molar-refractivity contribution in [2.45, 2.75) is 116 Å². The fourth-order valence-electron chi connectivity index (χ4n) is 10.1. The lowest BCUT2D eigenvalue weighted by molar-refractivity contribution is -0.669. The number of carbonyl (C=O) groups is 4. The van der Waals surface area contributed by atoms with E-state index in [0.29, 0.717) is 31.8 Å². The highest BCUT2D eigenvalue weighted by Gasteiger charge is 2.30. The topological polar surface area (TPSA) is 124 Å². The van der Waals surface area contributed by atoms with Crippen LogP contribution >= 0.6 is 23.1 Å². The summed E-state index contributed by atoms with van der Waals surface area (Å²) in [5, 5.41) is 14.3. The van der Waals surface area contributed by atoms with Gasteiger partial charge < -0.3 is 43.1 Å². The highest BCUT2D eigenvalue weighted by atomic mass is 79.9. The molecule has 0 radical (unpaired) electrons. The zero-order valence-electron chi connectivity index (χ0n) is 43.1. The fourth-order valence-corrected chi connectivity index (χ4v) is 12.5. The molecule has 3 unspecified atom stereocenters. The maximum absolute atomic E-state index is 13.2. The number of amides is 4. The van der Waals surface area contributed by atoms with E-state index in [-0.39, 0.29) is 52.4 Å². The van der Waals surface area contributed by atoms with Crippen molar-refractivity contribution in [1.29, 1.82) is 0 Å². The summed E-state index contributed by atoms with van der Waals surface area (Å²) in [4.78, 5) is 53.9. The number of aromatic nitrogens is 1. The van der Waals surface area contributed by atoms with Crippen LogP contribution < -0.4 is 47.7 Å². The summed E-state index contributed by atoms with van der Waals surface area (Å²) < 4.78 is 3.64. The van der Waals surface area contributed by atoms with Crippen molar-refractivity contribution in [3.8, 4) is 22.3 Å². The molecule has 2 heterocycles. The van der Waals surface area contributed by atoms with E-state index in [2.05, 4.69) is 168 Å². The first-order valence-corrected chi connectivity index (χ1v) is 27.5. The smallest absolute Gasteiger partial charge is 0.263 e. The highest BCUT2D eigenvalue weighted by Crippen LogP contribution is 2.49. The largest absolute Gasteiger partial charge is 1.00 e. The molecule has 1 aliphatic heterocycles. The van der Waals surface area contributed by atoms with E-state index < -0.39 is 12.1 Å². The number of fused-ring (bicyclic) bond motifs is 3. The molecule has 1 aromatic heterocycles. The number of anilines is 1. The summed E-state index contributed by atoms with van der Waals surface area (Å²) in [7, 11) is 0. The molecule has 0 spiro atoms. The molecule has 73 heavy (non-hydrogen) atoms. The van der Waals surface area contributed by atoms with Gasteiger partial charge in [-0.25, -0.2) is 0 Å². The minimum atomic E-state index is -0.542. The number of rotatable bonds is 20. The van der Waals surface area contributed by atoms with E-state index >= 15 is 0 Å². The van der Waals surface area contributed by atoms with Crippen LogP contribution in [-0.2, 0) is 25.7 Å². The van der Waals surface area contributed by atoms with Gasteiger partial charge in [0.15, 0.2) is 6.54 Å². The lowest BCUT2D eigenvalue weighted by Crippen LogP contribution is -3.00. The minimum Gasteiger partial charge on any atom is -1.00 e. The van der Waals surface area contributed by atoms with Gasteiger partial charge in [0.05, 0.1) is 10.7 Å². The summed E-state index contributed by atoms with van der Waals surface area (Å²) >= 11 is 3.64. The van der Waals surface area contributed by atoms with Crippen molar-refractivity contribution >= 4 is 68.7 Å². The van der Waals surface area contributed by atoms with Crippen LogP contribution in [0.4, 0.5) is 5.69 Å². The Morgan fingerprint density at radius 3 is 1.90 bits per heavy atom. The quantitative estimate of drug-likeness (QED) is 0.0458. The molecular weight excluding hydrogens is 1010 g/mol. The number of hydrogen-bond acceptors (Lipinski definition) is 7. The number of carbonyl (C=O) groups excluding carboxylic acids is 4. The maximum atomic E-state index is 13.2. The first-order valence-electron chi connectivity index (χ1n) is 25.9. The summed E-state index contributed by atoms with van der Waals surface area (Å²) in [6.45, 7) is 13.6. The van der Waals surface area contributed by atoms with Gasteiger partial charge in [0.2, 0.25) is 29.1 Å². The Hall–Kier alpha value is -5.76. The van der Waals surface area contributed by atoms with E-state index in [1.54, 1.807) is 0 Å². The minimum absolute atomic E-state index is 0. The zero-order valence-corrected chi connectivity index (χ0v) is 46.4. The SMILES string of the molecule is CC(=O)NC(CC(C)C)C(=O)NCCCN1/C(=C/C2=CC3=C/C(=C/c4sc5cc(-c6ccccc6)ccc5[n+]4CCCNC(=O)C(CC(C)C)NC(C)=O)CCC3CC2)Sc2cc(-c3ccccc3)ccc21.[Br-]. The molecule has 0 fully saturated rings. The molecule has 5 aromatic rings. The van der Waals surface area contributed by atoms with Gasteiger partial charge in [-0.05, 0) is 132 Å². The Labute approximate surface area is 451 Å². The number of halogens is 1. The highest BCUT2D eigenvalue weighted by molar-refractivity contribution is 8.03. The van der Waals surface area contributed by atoms with Gasteiger partial charge in [-0.3, -0.25) is 19.2 Å².